The quantitative estimate of drug-likeness (QED) is 0.224. The van der Waals surface area contributed by atoms with Gasteiger partial charge in [0.05, 0.1) is 19.6 Å². The largest absolute Gasteiger partial charge is 0.493 e. The highest BCUT2D eigenvalue weighted by atomic mass is 19.1. The monoisotopic (exact) mass is 655 g/mol. The second kappa shape index (κ2) is 16.2. The Morgan fingerprint density at radius 1 is 1.11 bits per heavy atom. The minimum Gasteiger partial charge on any atom is -0.493 e. The Balaban J connectivity index is 1.35. The molecule has 1 fully saturated rings. The van der Waals surface area contributed by atoms with Crippen molar-refractivity contribution in [3.05, 3.63) is 52.5 Å². The second-order valence-corrected chi connectivity index (χ2v) is 14.4. The van der Waals surface area contributed by atoms with Crippen molar-refractivity contribution in [2.75, 3.05) is 45.4 Å². The molecular weight excluding hydrogens is 601 g/mol. The third kappa shape index (κ3) is 9.44. The maximum atomic E-state index is 15.0. The molecule has 0 radical (unpaired) electrons. The number of nitrogens with zero attached hydrogens (tertiary/aromatic N) is 3. The number of carboxylic acids is 1. The molecule has 3 heterocycles. The number of ether oxygens (including phenoxy) is 3. The molecule has 4 rings (SSSR count). The van der Waals surface area contributed by atoms with Gasteiger partial charge in [-0.25, -0.2) is 14.2 Å². The Labute approximate surface area is 279 Å². The van der Waals surface area contributed by atoms with Gasteiger partial charge in [0.1, 0.15) is 11.4 Å². The maximum Gasteiger partial charge on any atom is 0.416 e. The van der Waals surface area contributed by atoms with Crippen LogP contribution in [0.5, 0.6) is 5.75 Å². The summed E-state index contributed by atoms with van der Waals surface area (Å²) in [6.07, 6.45) is 6.61. The summed E-state index contributed by atoms with van der Waals surface area (Å²) in [4.78, 5) is 34.5. The van der Waals surface area contributed by atoms with E-state index in [9.17, 15) is 14.7 Å². The molecule has 1 N–H and O–H groups in total. The van der Waals surface area contributed by atoms with Crippen LogP contribution in [0.1, 0.15) is 107 Å². The Bertz CT molecular complexity index is 1380. The summed E-state index contributed by atoms with van der Waals surface area (Å²) >= 11 is 0. The Morgan fingerprint density at radius 2 is 1.87 bits per heavy atom. The van der Waals surface area contributed by atoms with Gasteiger partial charge in [-0.05, 0) is 114 Å². The smallest absolute Gasteiger partial charge is 0.416 e. The number of halogens is 1. The van der Waals surface area contributed by atoms with Crippen LogP contribution in [0, 0.1) is 11.7 Å². The summed E-state index contributed by atoms with van der Waals surface area (Å²) in [5.74, 6) is -1.70. The summed E-state index contributed by atoms with van der Waals surface area (Å²) < 4.78 is 31.7. The van der Waals surface area contributed by atoms with Crippen LogP contribution in [0.15, 0.2) is 24.3 Å². The number of anilines is 1. The number of aryl methyl sites for hydroxylation is 2. The number of fused-ring (bicyclic) bond motifs is 1. The number of methoxy groups -OCH3 is 2. The molecule has 3 unspecified atom stereocenters. The average molecular weight is 656 g/mol. The molecular formula is C37H54FN3O6. The molecule has 3 atom stereocenters. The molecule has 1 amide bonds. The Hall–Kier alpha value is -3.24. The van der Waals surface area contributed by atoms with Crippen LogP contribution >= 0.6 is 0 Å². The highest BCUT2D eigenvalue weighted by Crippen LogP contribution is 2.41. The van der Waals surface area contributed by atoms with E-state index in [-0.39, 0.29) is 29.7 Å². The number of benzene rings is 1. The first-order valence-electron chi connectivity index (χ1n) is 17.1. The predicted molar refractivity (Wildman–Crippen MR) is 181 cm³/mol. The van der Waals surface area contributed by atoms with E-state index >= 15 is 4.39 Å². The molecule has 9 nitrogen and oxygen atoms in total. The second-order valence-electron chi connectivity index (χ2n) is 14.4. The van der Waals surface area contributed by atoms with Crippen molar-refractivity contribution < 1.29 is 33.3 Å². The Morgan fingerprint density at radius 3 is 2.53 bits per heavy atom. The standard InChI is InChI=1S/C37H54FN3O6/c1-24(2)27-21-30(33(46-7)31(38)22-27)32(35(42)43)26-16-19-40(29(20-26)23-45-6)17-10-8-9-13-28-15-14-25-12-11-18-41(34(25)39-28)36(44)47-37(3,4)5/h14-15,21-22,24,26,29,32H,8-13,16-20,23H2,1-7H3,(H,42,43). The first-order chi connectivity index (χ1) is 22.3. The first-order valence-corrected chi connectivity index (χ1v) is 17.1. The van der Waals surface area contributed by atoms with E-state index in [1.807, 2.05) is 40.7 Å². The van der Waals surface area contributed by atoms with Crippen molar-refractivity contribution in [2.24, 2.45) is 5.92 Å². The van der Waals surface area contributed by atoms with Gasteiger partial charge in [-0.15, -0.1) is 0 Å². The third-order valence-electron chi connectivity index (χ3n) is 9.36. The molecule has 1 aromatic heterocycles. The molecule has 0 saturated carbocycles. The molecule has 0 spiro atoms. The van der Waals surface area contributed by atoms with Crippen LogP contribution in [-0.2, 0) is 27.1 Å². The summed E-state index contributed by atoms with van der Waals surface area (Å²) in [7, 11) is 3.07. The number of piperidine rings is 1. The number of carbonyl (C=O) groups excluding carboxylic acids is 1. The van der Waals surface area contributed by atoms with Crippen molar-refractivity contribution in [3.63, 3.8) is 0 Å². The fraction of sp³-hybridized carbons (Fsp3) is 0.649. The summed E-state index contributed by atoms with van der Waals surface area (Å²) in [6, 6.07) is 7.51. The third-order valence-corrected chi connectivity index (χ3v) is 9.36. The zero-order chi connectivity index (χ0) is 34.3. The number of carbonyl (C=O) groups is 2. The van der Waals surface area contributed by atoms with Crippen LogP contribution in [0.25, 0.3) is 0 Å². The van der Waals surface area contributed by atoms with Gasteiger partial charge in [0.2, 0.25) is 0 Å². The van der Waals surface area contributed by atoms with Crippen molar-refractivity contribution in [1.29, 1.82) is 0 Å². The van der Waals surface area contributed by atoms with Crippen LogP contribution in [0.4, 0.5) is 15.0 Å². The summed E-state index contributed by atoms with van der Waals surface area (Å²) in [5.41, 5.74) is 2.68. The molecule has 2 aliphatic rings. The normalized spacial score (nSPS) is 19.4. The highest BCUT2D eigenvalue weighted by Gasteiger charge is 2.39. The van der Waals surface area contributed by atoms with Gasteiger partial charge in [0.15, 0.2) is 11.6 Å². The van der Waals surface area contributed by atoms with Gasteiger partial charge in [-0.1, -0.05) is 32.4 Å². The fourth-order valence-electron chi connectivity index (χ4n) is 7.01. The number of likely N-dealkylation sites (tertiary alicyclic amines) is 1. The van der Waals surface area contributed by atoms with Crippen LogP contribution in [0.3, 0.4) is 0 Å². The van der Waals surface area contributed by atoms with Crippen LogP contribution in [0.2, 0.25) is 0 Å². The molecule has 2 aliphatic heterocycles. The van der Waals surface area contributed by atoms with Gasteiger partial charge in [-0.2, -0.15) is 0 Å². The van der Waals surface area contributed by atoms with Crippen molar-refractivity contribution in [1.82, 2.24) is 9.88 Å². The lowest BCUT2D eigenvalue weighted by Gasteiger charge is -2.41. The lowest BCUT2D eigenvalue weighted by molar-refractivity contribution is -0.141. The fourth-order valence-corrected chi connectivity index (χ4v) is 7.01. The summed E-state index contributed by atoms with van der Waals surface area (Å²) in [5, 5.41) is 10.4. The van der Waals surface area contributed by atoms with E-state index in [0.29, 0.717) is 31.6 Å². The molecule has 0 bridgehead atoms. The molecule has 0 aliphatic carbocycles. The van der Waals surface area contributed by atoms with Crippen LogP contribution in [-0.4, -0.2) is 79.2 Å². The minimum atomic E-state index is -0.955. The Kier molecular flexibility index (Phi) is 12.6. The minimum absolute atomic E-state index is 0.0264. The van der Waals surface area contributed by atoms with Gasteiger partial charge >= 0.3 is 12.1 Å². The zero-order valence-electron chi connectivity index (χ0n) is 29.3. The first kappa shape index (κ1) is 36.6. The number of aliphatic carboxylic acids is 1. The van der Waals surface area contributed by atoms with Gasteiger partial charge < -0.3 is 19.3 Å². The molecule has 2 aromatic rings. The summed E-state index contributed by atoms with van der Waals surface area (Å²) in [6.45, 7) is 12.3. The van der Waals surface area contributed by atoms with Gasteiger partial charge in [0, 0.05) is 31.0 Å². The maximum absolute atomic E-state index is 15.0. The SMILES string of the molecule is COCC1CC(C(C(=O)O)c2cc(C(C)C)cc(F)c2OC)CCN1CCCCCc1ccc2c(n1)N(C(=O)OC(C)(C)C)CCC2. The number of unbranched alkanes of at least 4 members (excludes halogenated alkanes) is 2. The van der Waals surface area contributed by atoms with Gasteiger partial charge in [-0.3, -0.25) is 14.6 Å². The molecule has 47 heavy (non-hydrogen) atoms. The highest BCUT2D eigenvalue weighted by molar-refractivity contribution is 5.88. The van der Waals surface area contributed by atoms with E-state index in [4.69, 9.17) is 19.2 Å². The number of aromatic nitrogens is 1. The molecule has 1 aromatic carbocycles. The van der Waals surface area contributed by atoms with Gasteiger partial charge in [0.25, 0.3) is 0 Å². The lowest BCUT2D eigenvalue weighted by Crippen LogP contribution is -2.47. The van der Waals surface area contributed by atoms with Crippen molar-refractivity contribution in [3.8, 4) is 5.75 Å². The van der Waals surface area contributed by atoms with E-state index in [1.165, 1.54) is 13.2 Å². The molecule has 1 saturated heterocycles. The van der Waals surface area contributed by atoms with E-state index < -0.39 is 23.3 Å². The number of pyridine rings is 1. The van der Waals surface area contributed by atoms with E-state index in [1.54, 1.807) is 12.0 Å². The number of carboxylic acid groups (broad SMARTS) is 1. The number of hydrogen-bond donors (Lipinski definition) is 1. The predicted octanol–water partition coefficient (Wildman–Crippen LogP) is 7.35. The number of amides is 1. The van der Waals surface area contributed by atoms with Crippen LogP contribution < -0.4 is 9.64 Å². The zero-order valence-corrected chi connectivity index (χ0v) is 29.3. The van der Waals surface area contributed by atoms with E-state index in [0.717, 1.165) is 74.3 Å². The average Bonchev–Trinajstić information content (AvgIpc) is 3.00. The molecule has 260 valence electrons. The molecule has 10 heteroatoms. The van der Waals surface area contributed by atoms with E-state index in [2.05, 4.69) is 17.0 Å². The van der Waals surface area contributed by atoms with Crippen molar-refractivity contribution >= 4 is 17.9 Å². The lowest BCUT2D eigenvalue weighted by atomic mass is 9.76. The number of hydrogen-bond acceptors (Lipinski definition) is 7. The van der Waals surface area contributed by atoms with Crippen molar-refractivity contribution in [2.45, 2.75) is 109 Å². The number of rotatable bonds is 13. The topological polar surface area (TPSA) is 101 Å².